The molecule has 9 nitrogen and oxygen atoms in total. The first-order valence-electron chi connectivity index (χ1n) is 16.4. The number of rotatable bonds is 1. The minimum absolute atomic E-state index is 0.0104. The average Bonchev–Trinajstić information content (AvgIpc) is 3.00. The van der Waals surface area contributed by atoms with Gasteiger partial charge in [0.1, 0.15) is 27.1 Å². The maximum absolute atomic E-state index is 15.4. The Kier molecular flexibility index (Phi) is 8.93. The lowest BCUT2D eigenvalue weighted by Gasteiger charge is -2.40. The van der Waals surface area contributed by atoms with Gasteiger partial charge in [0.15, 0.2) is 0 Å². The van der Waals surface area contributed by atoms with Crippen LogP contribution in [0.3, 0.4) is 0 Å². The number of nitrogens with one attached hydrogen (secondary N) is 1. The van der Waals surface area contributed by atoms with Crippen LogP contribution in [0.25, 0.3) is 11.0 Å². The van der Waals surface area contributed by atoms with Crippen molar-refractivity contribution in [2.45, 2.75) is 89.1 Å². The zero-order valence-electron chi connectivity index (χ0n) is 26.6. The van der Waals surface area contributed by atoms with Crippen LogP contribution in [0.4, 0.5) is 14.6 Å². The summed E-state index contributed by atoms with van der Waals surface area (Å²) in [6.07, 6.45) is 3.97. The molecule has 4 aliphatic rings. The van der Waals surface area contributed by atoms with E-state index in [0.29, 0.717) is 47.1 Å². The van der Waals surface area contributed by atoms with Gasteiger partial charge in [-0.25, -0.2) is 27.2 Å². The lowest BCUT2D eigenvalue weighted by molar-refractivity contribution is -0.0291. The predicted octanol–water partition coefficient (Wildman–Crippen LogP) is 5.62. The van der Waals surface area contributed by atoms with Crippen molar-refractivity contribution in [3.05, 3.63) is 63.2 Å². The molecule has 1 aromatic carbocycles. The van der Waals surface area contributed by atoms with Crippen LogP contribution in [0.5, 0.6) is 0 Å². The monoisotopic (exact) mass is 652 g/mol. The zero-order chi connectivity index (χ0) is 32.7. The first-order chi connectivity index (χ1) is 21.9. The molecule has 46 heavy (non-hydrogen) atoms. The van der Waals surface area contributed by atoms with Gasteiger partial charge in [-0.3, -0.25) is 9.36 Å². The molecule has 12 heteroatoms. The molecule has 0 spiro atoms. The molecule has 0 amide bonds. The molecule has 6 heterocycles. The van der Waals surface area contributed by atoms with Crippen LogP contribution in [0.1, 0.15) is 86.8 Å². The maximum Gasteiger partial charge on any atom is 0.273 e. The summed E-state index contributed by atoms with van der Waals surface area (Å²) in [6.45, 7) is 6.65. The Morgan fingerprint density at radius 1 is 1.02 bits per heavy atom. The summed E-state index contributed by atoms with van der Waals surface area (Å²) >= 11 is 0. The molecule has 2 fully saturated rings. The molecule has 0 unspecified atom stereocenters. The first-order valence-corrected chi connectivity index (χ1v) is 18.2. The summed E-state index contributed by atoms with van der Waals surface area (Å²) in [7, 11) is -3.29. The fraction of sp³-hybridized carbons (Fsp3) is 0.588. The summed E-state index contributed by atoms with van der Waals surface area (Å²) in [5.41, 5.74) is -0.234. The molecule has 7 rings (SSSR count). The molecule has 246 valence electrons. The van der Waals surface area contributed by atoms with E-state index in [1.54, 1.807) is 35.8 Å². The van der Waals surface area contributed by atoms with Crippen molar-refractivity contribution in [2.75, 3.05) is 36.5 Å². The maximum atomic E-state index is 15.4. The number of hydrogen-bond donors (Lipinski definition) is 1. The molecule has 3 aromatic rings. The van der Waals surface area contributed by atoms with Gasteiger partial charge in [0, 0.05) is 43.2 Å². The van der Waals surface area contributed by atoms with Crippen LogP contribution in [-0.2, 0) is 27.7 Å². The Bertz CT molecular complexity index is 1820. The van der Waals surface area contributed by atoms with E-state index in [1.165, 1.54) is 6.07 Å². The second kappa shape index (κ2) is 12.6. The van der Waals surface area contributed by atoms with Crippen LogP contribution >= 0.6 is 0 Å². The van der Waals surface area contributed by atoms with Crippen molar-refractivity contribution < 1.29 is 17.2 Å². The number of aromatic nitrogens is 3. The minimum Gasteiger partial charge on any atom is -0.363 e. The normalized spacial score (nSPS) is 26.2. The Morgan fingerprint density at radius 2 is 1.74 bits per heavy atom. The fourth-order valence-corrected chi connectivity index (χ4v) is 8.72. The van der Waals surface area contributed by atoms with Gasteiger partial charge in [-0.2, -0.15) is 5.26 Å². The Morgan fingerprint density at radius 3 is 2.46 bits per heavy atom. The van der Waals surface area contributed by atoms with E-state index in [-0.39, 0.29) is 47.5 Å². The Labute approximate surface area is 269 Å². The topological polar surface area (TPSA) is 121 Å². The average molecular weight is 653 g/mol. The molecule has 2 aromatic heterocycles. The van der Waals surface area contributed by atoms with Crippen molar-refractivity contribution in [1.29, 1.82) is 5.26 Å². The number of anilines is 1. The van der Waals surface area contributed by atoms with Gasteiger partial charge in [0.2, 0.25) is 0 Å². The van der Waals surface area contributed by atoms with Gasteiger partial charge < -0.3 is 10.2 Å². The van der Waals surface area contributed by atoms with Crippen molar-refractivity contribution in [1.82, 2.24) is 19.4 Å². The standard InChI is InChI=1S/C34H42F2N6O3S/c1-23-26-8-7-9-27(18-26)34(35,36)11-10-25-20-41(21-25)14-5-3-4-6-15-42-31-28(30(38-23)39-24(2)40-31)19-29(32(42)43)33(22-37)12-16-46(44,45)17-13-33/h7-9,18-19,23,25H,3-6,10-17,20-21H2,1-2H3,(H,38,39,40)/t23-/m1/s1. The highest BCUT2D eigenvalue weighted by atomic mass is 32.2. The van der Waals surface area contributed by atoms with Crippen molar-refractivity contribution >= 4 is 26.7 Å². The predicted molar refractivity (Wildman–Crippen MR) is 174 cm³/mol. The van der Waals surface area contributed by atoms with Gasteiger partial charge in [-0.15, -0.1) is 0 Å². The Hall–Kier alpha value is -3.43. The number of fused-ring (bicyclic) bond motifs is 8. The summed E-state index contributed by atoms with van der Waals surface area (Å²) in [6, 6.07) is 10.1. The van der Waals surface area contributed by atoms with E-state index >= 15 is 8.78 Å². The number of nitriles is 1. The molecule has 2 saturated heterocycles. The summed E-state index contributed by atoms with van der Waals surface area (Å²) < 4.78 is 57.1. The van der Waals surface area contributed by atoms with Crippen LogP contribution in [0.15, 0.2) is 35.1 Å². The number of sulfone groups is 1. The van der Waals surface area contributed by atoms with Crippen LogP contribution in [0, 0.1) is 24.2 Å². The second-order valence-electron chi connectivity index (χ2n) is 13.5. The molecule has 8 bridgehead atoms. The van der Waals surface area contributed by atoms with Gasteiger partial charge in [0.25, 0.3) is 11.5 Å². The summed E-state index contributed by atoms with van der Waals surface area (Å²) in [5.74, 6) is -2.12. The van der Waals surface area contributed by atoms with Crippen LogP contribution in [-0.4, -0.2) is 59.0 Å². The number of alkyl halides is 2. The van der Waals surface area contributed by atoms with E-state index in [4.69, 9.17) is 0 Å². The van der Waals surface area contributed by atoms with Gasteiger partial charge in [-0.1, -0.05) is 31.0 Å². The zero-order valence-corrected chi connectivity index (χ0v) is 27.4. The lowest BCUT2D eigenvalue weighted by atomic mass is 9.77. The number of halogens is 2. The lowest BCUT2D eigenvalue weighted by Crippen LogP contribution is -2.47. The third-order valence-electron chi connectivity index (χ3n) is 10.1. The third-order valence-corrected chi connectivity index (χ3v) is 11.8. The summed E-state index contributed by atoms with van der Waals surface area (Å²) in [4.78, 5) is 25.9. The molecular formula is C34H42F2N6O3S. The van der Waals surface area contributed by atoms with E-state index in [2.05, 4.69) is 26.3 Å². The van der Waals surface area contributed by atoms with E-state index in [0.717, 1.165) is 45.3 Å². The largest absolute Gasteiger partial charge is 0.363 e. The number of pyridine rings is 1. The molecular weight excluding hydrogens is 610 g/mol. The molecule has 1 N–H and O–H groups in total. The second-order valence-corrected chi connectivity index (χ2v) is 15.8. The highest BCUT2D eigenvalue weighted by Gasteiger charge is 2.42. The van der Waals surface area contributed by atoms with E-state index in [9.17, 15) is 18.5 Å². The third kappa shape index (κ3) is 6.54. The fourth-order valence-electron chi connectivity index (χ4n) is 7.20. The number of nitrogens with zero attached hydrogens (tertiary/aromatic N) is 5. The van der Waals surface area contributed by atoms with Crippen molar-refractivity contribution in [2.24, 2.45) is 5.92 Å². The van der Waals surface area contributed by atoms with E-state index < -0.39 is 27.2 Å². The van der Waals surface area contributed by atoms with Crippen molar-refractivity contribution in [3.8, 4) is 6.07 Å². The highest BCUT2D eigenvalue weighted by Crippen LogP contribution is 2.39. The molecule has 0 saturated carbocycles. The number of aryl methyl sites for hydroxylation is 2. The van der Waals surface area contributed by atoms with E-state index in [1.807, 2.05) is 6.92 Å². The number of benzene rings is 1. The minimum atomic E-state index is -3.29. The van der Waals surface area contributed by atoms with Crippen molar-refractivity contribution in [3.63, 3.8) is 0 Å². The molecule has 0 aliphatic carbocycles. The number of hydrogen-bond acceptors (Lipinski definition) is 8. The van der Waals surface area contributed by atoms with Crippen LogP contribution < -0.4 is 10.9 Å². The SMILES string of the molecule is Cc1nc2c3cc(C4(C#N)CCS(=O)(=O)CC4)c(=O)n(c3n1)CCCCCCN1CC(CCC(F)(F)c3cccc(c3)[C@@H](C)N2)C1. The molecule has 0 radical (unpaired) electrons. The van der Waals surface area contributed by atoms with Gasteiger partial charge in [0.05, 0.1) is 28.4 Å². The summed E-state index contributed by atoms with van der Waals surface area (Å²) in [5, 5.41) is 14.3. The van der Waals surface area contributed by atoms with Gasteiger partial charge >= 0.3 is 0 Å². The quantitative estimate of drug-likeness (QED) is 0.360. The Balaban J connectivity index is 1.45. The molecule has 4 aliphatic heterocycles. The first kappa shape index (κ1) is 32.5. The van der Waals surface area contributed by atoms with Crippen LogP contribution in [0.2, 0.25) is 0 Å². The molecule has 1 atom stereocenters. The smallest absolute Gasteiger partial charge is 0.273 e. The highest BCUT2D eigenvalue weighted by molar-refractivity contribution is 7.91. The van der Waals surface area contributed by atoms with Gasteiger partial charge in [-0.05, 0) is 76.1 Å².